The molecule has 1 aliphatic heterocycles. The Kier molecular flexibility index (Phi) is 3.98. The molecule has 0 saturated carbocycles. The third-order valence-electron chi connectivity index (χ3n) is 5.10. The van der Waals surface area contributed by atoms with Crippen molar-refractivity contribution in [1.29, 1.82) is 0 Å². The molecule has 1 unspecified atom stereocenters. The average molecular weight is 352 g/mol. The van der Waals surface area contributed by atoms with E-state index >= 15 is 0 Å². The van der Waals surface area contributed by atoms with Crippen molar-refractivity contribution in [3.8, 4) is 0 Å². The van der Waals surface area contributed by atoms with Crippen LogP contribution in [0.5, 0.6) is 0 Å². The molecule has 5 nitrogen and oxygen atoms in total. The number of rotatable bonds is 2. The number of amides is 1. The van der Waals surface area contributed by atoms with Gasteiger partial charge in [0.15, 0.2) is 5.65 Å². The molecule has 2 aromatic heterocycles. The molecule has 3 aromatic rings. The fourth-order valence-electron chi connectivity index (χ4n) is 3.93. The first-order chi connectivity index (χ1) is 12.5. The Labute approximate surface area is 151 Å². The van der Waals surface area contributed by atoms with Gasteiger partial charge in [-0.3, -0.25) is 9.48 Å². The highest BCUT2D eigenvalue weighted by molar-refractivity contribution is 6.06. The van der Waals surface area contributed by atoms with Crippen LogP contribution in [0.15, 0.2) is 30.3 Å². The van der Waals surface area contributed by atoms with Gasteiger partial charge >= 0.3 is 0 Å². The predicted octanol–water partition coefficient (Wildman–Crippen LogP) is 3.70. The molecule has 1 aliphatic rings. The number of aryl methyl sites for hydroxylation is 3. The Bertz CT molecular complexity index is 993. The standard InChI is InChI=1S/C20H21FN4O/c1-12-11-16(18-13(2)23-24(3)19(18)22-12)20(26)25-10-4-5-17(25)14-6-8-15(21)9-7-14/h6-9,11,17H,4-5,10H2,1-3H3. The first kappa shape index (κ1) is 16.7. The van der Waals surface area contributed by atoms with E-state index in [2.05, 4.69) is 10.1 Å². The highest BCUT2D eigenvalue weighted by Crippen LogP contribution is 2.34. The molecule has 0 spiro atoms. The molecule has 1 aromatic carbocycles. The summed E-state index contributed by atoms with van der Waals surface area (Å²) >= 11 is 0. The SMILES string of the molecule is Cc1cc(C(=O)N2CCCC2c2ccc(F)cc2)c2c(C)nn(C)c2n1. The molecular formula is C20H21FN4O. The minimum atomic E-state index is -0.262. The molecule has 0 N–H and O–H groups in total. The van der Waals surface area contributed by atoms with E-state index in [1.807, 2.05) is 31.9 Å². The summed E-state index contributed by atoms with van der Waals surface area (Å²) in [6, 6.07) is 8.28. The van der Waals surface area contributed by atoms with Crippen LogP contribution in [0.2, 0.25) is 0 Å². The van der Waals surface area contributed by atoms with Gasteiger partial charge in [0.05, 0.1) is 22.7 Å². The lowest BCUT2D eigenvalue weighted by Gasteiger charge is -2.25. The number of aromatic nitrogens is 3. The Morgan fingerprint density at radius 3 is 2.69 bits per heavy atom. The number of carbonyl (C=O) groups is 1. The van der Waals surface area contributed by atoms with E-state index < -0.39 is 0 Å². The van der Waals surface area contributed by atoms with E-state index in [4.69, 9.17) is 0 Å². The average Bonchev–Trinajstić information content (AvgIpc) is 3.20. The van der Waals surface area contributed by atoms with Gasteiger partial charge in [-0.05, 0) is 50.5 Å². The van der Waals surface area contributed by atoms with E-state index in [0.717, 1.165) is 40.8 Å². The molecule has 0 radical (unpaired) electrons. The van der Waals surface area contributed by atoms with Crippen molar-refractivity contribution in [1.82, 2.24) is 19.7 Å². The number of nitrogens with zero attached hydrogens (tertiary/aromatic N) is 4. The van der Waals surface area contributed by atoms with Crippen molar-refractivity contribution in [2.45, 2.75) is 32.7 Å². The molecule has 1 atom stereocenters. The lowest BCUT2D eigenvalue weighted by Crippen LogP contribution is -2.31. The fraction of sp³-hybridized carbons (Fsp3) is 0.350. The summed E-state index contributed by atoms with van der Waals surface area (Å²) in [4.78, 5) is 19.8. The summed E-state index contributed by atoms with van der Waals surface area (Å²) in [5.74, 6) is -0.273. The van der Waals surface area contributed by atoms with Crippen LogP contribution in [0.1, 0.15) is 46.2 Å². The second-order valence-electron chi connectivity index (χ2n) is 6.93. The van der Waals surface area contributed by atoms with Crippen molar-refractivity contribution in [3.63, 3.8) is 0 Å². The van der Waals surface area contributed by atoms with Crippen molar-refractivity contribution < 1.29 is 9.18 Å². The van der Waals surface area contributed by atoms with E-state index in [1.165, 1.54) is 12.1 Å². The molecule has 3 heterocycles. The zero-order chi connectivity index (χ0) is 18.4. The van der Waals surface area contributed by atoms with E-state index in [1.54, 1.807) is 16.8 Å². The minimum absolute atomic E-state index is 0.0107. The zero-order valence-corrected chi connectivity index (χ0v) is 15.2. The minimum Gasteiger partial charge on any atom is -0.332 e. The molecule has 0 bridgehead atoms. The molecule has 4 rings (SSSR count). The molecule has 0 aliphatic carbocycles. The quantitative estimate of drug-likeness (QED) is 0.707. The number of likely N-dealkylation sites (tertiary alicyclic amines) is 1. The monoisotopic (exact) mass is 352 g/mol. The molecule has 26 heavy (non-hydrogen) atoms. The zero-order valence-electron chi connectivity index (χ0n) is 15.2. The van der Waals surface area contributed by atoms with Crippen molar-refractivity contribution in [2.24, 2.45) is 7.05 Å². The number of hydrogen-bond acceptors (Lipinski definition) is 3. The van der Waals surface area contributed by atoms with Crippen LogP contribution in [-0.2, 0) is 7.05 Å². The summed E-state index contributed by atoms with van der Waals surface area (Å²) in [5, 5.41) is 5.24. The largest absolute Gasteiger partial charge is 0.332 e. The Morgan fingerprint density at radius 1 is 1.23 bits per heavy atom. The number of benzene rings is 1. The maximum atomic E-state index is 13.4. The first-order valence-electron chi connectivity index (χ1n) is 8.83. The van der Waals surface area contributed by atoms with Crippen LogP contribution in [-0.4, -0.2) is 32.1 Å². The smallest absolute Gasteiger partial charge is 0.255 e. The summed E-state index contributed by atoms with van der Waals surface area (Å²) in [5.41, 5.74) is 3.94. The highest BCUT2D eigenvalue weighted by Gasteiger charge is 2.32. The van der Waals surface area contributed by atoms with Crippen molar-refractivity contribution in [2.75, 3.05) is 6.54 Å². The number of pyridine rings is 1. The molecule has 1 saturated heterocycles. The van der Waals surface area contributed by atoms with Gasteiger partial charge in [0.2, 0.25) is 0 Å². The maximum Gasteiger partial charge on any atom is 0.255 e. The van der Waals surface area contributed by atoms with Gasteiger partial charge in [-0.1, -0.05) is 12.1 Å². The molecule has 1 fully saturated rings. The summed E-state index contributed by atoms with van der Waals surface area (Å²) in [6.07, 6.45) is 1.82. The number of halogens is 1. The van der Waals surface area contributed by atoms with Gasteiger partial charge in [-0.15, -0.1) is 0 Å². The first-order valence-corrected chi connectivity index (χ1v) is 8.83. The Morgan fingerprint density at radius 2 is 1.96 bits per heavy atom. The second-order valence-corrected chi connectivity index (χ2v) is 6.93. The van der Waals surface area contributed by atoms with Crippen LogP contribution in [0.25, 0.3) is 11.0 Å². The van der Waals surface area contributed by atoms with Gasteiger partial charge in [-0.2, -0.15) is 5.10 Å². The van der Waals surface area contributed by atoms with E-state index in [0.29, 0.717) is 12.1 Å². The topological polar surface area (TPSA) is 51.0 Å². The summed E-state index contributed by atoms with van der Waals surface area (Å²) in [6.45, 7) is 4.49. The molecule has 6 heteroatoms. The molecule has 1 amide bonds. The lowest BCUT2D eigenvalue weighted by molar-refractivity contribution is 0.0737. The number of carbonyl (C=O) groups excluding carboxylic acids is 1. The van der Waals surface area contributed by atoms with Crippen molar-refractivity contribution in [3.05, 3.63) is 58.7 Å². The molecule has 134 valence electrons. The normalized spacial score (nSPS) is 17.2. The third-order valence-corrected chi connectivity index (χ3v) is 5.10. The summed E-state index contributed by atoms with van der Waals surface area (Å²) in [7, 11) is 1.84. The van der Waals surface area contributed by atoms with Gasteiger partial charge in [0.25, 0.3) is 5.91 Å². The third kappa shape index (κ3) is 2.66. The predicted molar refractivity (Wildman–Crippen MR) is 97.4 cm³/mol. The van der Waals surface area contributed by atoms with Crippen LogP contribution in [0.4, 0.5) is 4.39 Å². The highest BCUT2D eigenvalue weighted by atomic mass is 19.1. The van der Waals surface area contributed by atoms with Crippen LogP contribution < -0.4 is 0 Å². The van der Waals surface area contributed by atoms with Crippen LogP contribution >= 0.6 is 0 Å². The van der Waals surface area contributed by atoms with Gasteiger partial charge in [0, 0.05) is 19.3 Å². The van der Waals surface area contributed by atoms with Crippen LogP contribution in [0.3, 0.4) is 0 Å². The lowest BCUT2D eigenvalue weighted by atomic mass is 10.0. The second kappa shape index (κ2) is 6.20. The van der Waals surface area contributed by atoms with E-state index in [9.17, 15) is 9.18 Å². The Balaban J connectivity index is 1.77. The molecular weight excluding hydrogens is 331 g/mol. The number of fused-ring (bicyclic) bond motifs is 1. The number of hydrogen-bond donors (Lipinski definition) is 0. The van der Waals surface area contributed by atoms with Gasteiger partial charge in [0.1, 0.15) is 5.82 Å². The van der Waals surface area contributed by atoms with Gasteiger partial charge in [-0.25, -0.2) is 9.37 Å². The summed E-state index contributed by atoms with van der Waals surface area (Å²) < 4.78 is 15.0. The Hall–Kier alpha value is -2.76. The fourth-order valence-corrected chi connectivity index (χ4v) is 3.93. The van der Waals surface area contributed by atoms with Crippen molar-refractivity contribution >= 4 is 16.9 Å². The van der Waals surface area contributed by atoms with Crippen LogP contribution in [0, 0.1) is 19.7 Å². The maximum absolute atomic E-state index is 13.4. The van der Waals surface area contributed by atoms with E-state index in [-0.39, 0.29) is 17.8 Å². The van der Waals surface area contributed by atoms with Gasteiger partial charge < -0.3 is 4.90 Å².